The fourth-order valence-corrected chi connectivity index (χ4v) is 3.94. The lowest BCUT2D eigenvalue weighted by Gasteiger charge is -2.21. The first-order chi connectivity index (χ1) is 13.5. The molecule has 0 bridgehead atoms. The number of aliphatic imine (C=N–C) groups is 1. The Morgan fingerprint density at radius 3 is 2.83 bits per heavy atom. The second-order valence-electron chi connectivity index (χ2n) is 6.72. The standard InChI is InChI=1S/C20H26ClN3O3S.HI/c1-3-22-19(24-13-20(2,25)17-5-4-10-28-17)23-7-6-14-11-15(21)18-16(12-14)26-8-9-27-18;/h4-5,10-12,25H,3,6-9,13H2,1-2H3,(H2,22,23,24);1H. The SMILES string of the molecule is CCNC(=NCC(C)(O)c1cccs1)NCCc1cc(Cl)c2c(c1)OCCO2.I. The highest BCUT2D eigenvalue weighted by atomic mass is 127. The number of halogens is 2. The van der Waals surface area contributed by atoms with Crippen LogP contribution in [0.4, 0.5) is 0 Å². The van der Waals surface area contributed by atoms with Crippen LogP contribution < -0.4 is 20.1 Å². The van der Waals surface area contributed by atoms with Gasteiger partial charge in [0.2, 0.25) is 0 Å². The predicted octanol–water partition coefficient (Wildman–Crippen LogP) is 3.80. The summed E-state index contributed by atoms with van der Waals surface area (Å²) in [5.41, 5.74) is 0.0723. The van der Waals surface area contributed by atoms with Crippen LogP contribution >= 0.6 is 46.9 Å². The number of benzene rings is 1. The van der Waals surface area contributed by atoms with Gasteiger partial charge in [-0.2, -0.15) is 0 Å². The number of aliphatic hydroxyl groups is 1. The molecule has 0 saturated carbocycles. The van der Waals surface area contributed by atoms with Gasteiger partial charge in [0.1, 0.15) is 18.8 Å². The average Bonchev–Trinajstić information content (AvgIpc) is 3.22. The molecule has 0 saturated heterocycles. The zero-order valence-corrected chi connectivity index (χ0v) is 20.4. The normalized spacial score (nSPS) is 15.2. The summed E-state index contributed by atoms with van der Waals surface area (Å²) in [6, 6.07) is 7.72. The van der Waals surface area contributed by atoms with Crippen LogP contribution in [0.3, 0.4) is 0 Å². The lowest BCUT2D eigenvalue weighted by Crippen LogP contribution is -2.39. The van der Waals surface area contributed by atoms with Gasteiger partial charge in [0.05, 0.1) is 11.6 Å². The largest absolute Gasteiger partial charge is 0.486 e. The summed E-state index contributed by atoms with van der Waals surface area (Å²) >= 11 is 7.83. The van der Waals surface area contributed by atoms with E-state index in [1.807, 2.05) is 36.6 Å². The molecule has 0 aliphatic carbocycles. The molecule has 0 radical (unpaired) electrons. The average molecular weight is 552 g/mol. The zero-order chi connectivity index (χ0) is 20.0. The van der Waals surface area contributed by atoms with Crippen molar-refractivity contribution in [3.05, 3.63) is 45.1 Å². The Labute approximate surface area is 197 Å². The first kappa shape index (κ1) is 24.0. The molecular weight excluding hydrogens is 525 g/mol. The Morgan fingerprint density at radius 2 is 2.10 bits per heavy atom. The molecule has 0 fully saturated rings. The fourth-order valence-electron chi connectivity index (χ4n) is 2.87. The van der Waals surface area contributed by atoms with Crippen LogP contribution in [0.25, 0.3) is 0 Å². The van der Waals surface area contributed by atoms with E-state index in [-0.39, 0.29) is 30.5 Å². The van der Waals surface area contributed by atoms with E-state index in [4.69, 9.17) is 21.1 Å². The number of hydrogen-bond donors (Lipinski definition) is 3. The van der Waals surface area contributed by atoms with E-state index in [2.05, 4.69) is 15.6 Å². The summed E-state index contributed by atoms with van der Waals surface area (Å²) in [7, 11) is 0. The number of nitrogens with one attached hydrogen (secondary N) is 2. The van der Waals surface area contributed by atoms with Crippen molar-refractivity contribution >= 4 is 52.9 Å². The molecule has 0 amide bonds. The fraction of sp³-hybridized carbons (Fsp3) is 0.450. The Morgan fingerprint density at radius 1 is 1.31 bits per heavy atom. The number of hydrogen-bond acceptors (Lipinski definition) is 5. The second-order valence-corrected chi connectivity index (χ2v) is 8.08. The van der Waals surface area contributed by atoms with Crippen LogP contribution in [0.2, 0.25) is 5.02 Å². The minimum atomic E-state index is -0.986. The molecule has 2 heterocycles. The highest BCUT2D eigenvalue weighted by Gasteiger charge is 2.24. The van der Waals surface area contributed by atoms with Gasteiger partial charge in [-0.1, -0.05) is 17.7 Å². The van der Waals surface area contributed by atoms with Crippen molar-refractivity contribution in [2.24, 2.45) is 4.99 Å². The number of thiophene rings is 1. The van der Waals surface area contributed by atoms with E-state index < -0.39 is 5.60 Å². The monoisotopic (exact) mass is 551 g/mol. The maximum Gasteiger partial charge on any atom is 0.191 e. The van der Waals surface area contributed by atoms with Crippen molar-refractivity contribution in [3.63, 3.8) is 0 Å². The van der Waals surface area contributed by atoms with Crippen molar-refractivity contribution in [3.8, 4) is 11.5 Å². The minimum Gasteiger partial charge on any atom is -0.486 e. The summed E-state index contributed by atoms with van der Waals surface area (Å²) in [6.07, 6.45) is 0.752. The van der Waals surface area contributed by atoms with Gasteiger partial charge in [0, 0.05) is 18.0 Å². The maximum absolute atomic E-state index is 10.6. The predicted molar refractivity (Wildman–Crippen MR) is 129 cm³/mol. The molecule has 3 N–H and O–H groups in total. The summed E-state index contributed by atoms with van der Waals surface area (Å²) in [4.78, 5) is 5.44. The number of ether oxygens (including phenoxy) is 2. The van der Waals surface area contributed by atoms with E-state index >= 15 is 0 Å². The minimum absolute atomic E-state index is 0. The number of guanidine groups is 1. The highest BCUT2D eigenvalue weighted by Crippen LogP contribution is 2.38. The number of rotatable bonds is 7. The van der Waals surface area contributed by atoms with E-state index in [0.29, 0.717) is 42.2 Å². The van der Waals surface area contributed by atoms with Crippen molar-refractivity contribution < 1.29 is 14.6 Å². The van der Waals surface area contributed by atoms with E-state index in [1.165, 1.54) is 11.3 Å². The molecule has 1 unspecified atom stereocenters. The van der Waals surface area contributed by atoms with Gasteiger partial charge in [-0.05, 0) is 49.4 Å². The van der Waals surface area contributed by atoms with Crippen LogP contribution in [0, 0.1) is 0 Å². The van der Waals surface area contributed by atoms with Gasteiger partial charge in [0.15, 0.2) is 17.5 Å². The van der Waals surface area contributed by atoms with Gasteiger partial charge < -0.3 is 25.2 Å². The van der Waals surface area contributed by atoms with Crippen LogP contribution in [0.15, 0.2) is 34.6 Å². The first-order valence-corrected chi connectivity index (χ1v) is 10.6. The van der Waals surface area contributed by atoms with E-state index in [1.54, 1.807) is 6.92 Å². The Balaban J connectivity index is 0.00000300. The summed E-state index contributed by atoms with van der Waals surface area (Å²) in [5.74, 6) is 1.99. The molecule has 9 heteroatoms. The van der Waals surface area contributed by atoms with Crippen LogP contribution in [0.1, 0.15) is 24.3 Å². The maximum atomic E-state index is 10.6. The van der Waals surface area contributed by atoms with Crippen LogP contribution in [-0.4, -0.2) is 43.9 Å². The van der Waals surface area contributed by atoms with E-state index in [0.717, 1.165) is 23.4 Å². The Kier molecular flexibility index (Phi) is 9.32. The lowest BCUT2D eigenvalue weighted by atomic mass is 10.1. The highest BCUT2D eigenvalue weighted by molar-refractivity contribution is 14.0. The second kappa shape index (κ2) is 11.2. The van der Waals surface area contributed by atoms with Crippen molar-refractivity contribution in [1.82, 2.24) is 10.6 Å². The Hall–Kier alpha value is -1.23. The topological polar surface area (TPSA) is 75.1 Å². The summed E-state index contributed by atoms with van der Waals surface area (Å²) < 4.78 is 11.2. The molecule has 29 heavy (non-hydrogen) atoms. The molecule has 6 nitrogen and oxygen atoms in total. The lowest BCUT2D eigenvalue weighted by molar-refractivity contribution is 0.0711. The molecule has 1 aromatic heterocycles. The first-order valence-electron chi connectivity index (χ1n) is 9.36. The van der Waals surface area contributed by atoms with Gasteiger partial charge in [-0.15, -0.1) is 35.3 Å². The van der Waals surface area contributed by atoms with Crippen LogP contribution in [-0.2, 0) is 12.0 Å². The van der Waals surface area contributed by atoms with Crippen molar-refractivity contribution in [2.75, 3.05) is 32.8 Å². The molecule has 1 atom stereocenters. The quantitative estimate of drug-likeness (QED) is 0.277. The van der Waals surface area contributed by atoms with Gasteiger partial charge in [-0.25, -0.2) is 4.99 Å². The molecule has 2 aromatic rings. The van der Waals surface area contributed by atoms with Gasteiger partial charge >= 0.3 is 0 Å². The van der Waals surface area contributed by atoms with Gasteiger partial charge in [0.25, 0.3) is 0 Å². The molecule has 3 rings (SSSR count). The molecule has 0 spiro atoms. The third-order valence-electron chi connectivity index (χ3n) is 4.30. The van der Waals surface area contributed by atoms with Crippen LogP contribution in [0.5, 0.6) is 11.5 Å². The van der Waals surface area contributed by atoms with Gasteiger partial charge in [-0.3, -0.25) is 0 Å². The third-order valence-corrected chi connectivity index (χ3v) is 5.71. The smallest absolute Gasteiger partial charge is 0.191 e. The number of nitrogens with zero attached hydrogens (tertiary/aromatic N) is 1. The zero-order valence-electron chi connectivity index (χ0n) is 16.5. The molecule has 1 aromatic carbocycles. The molecular formula is C20H27ClIN3O3S. The van der Waals surface area contributed by atoms with Crippen molar-refractivity contribution in [1.29, 1.82) is 0 Å². The molecule has 1 aliphatic heterocycles. The molecule has 1 aliphatic rings. The van der Waals surface area contributed by atoms with Crippen molar-refractivity contribution in [2.45, 2.75) is 25.9 Å². The summed E-state index contributed by atoms with van der Waals surface area (Å²) in [6.45, 7) is 6.53. The Bertz CT molecular complexity index is 816. The molecule has 160 valence electrons. The van der Waals surface area contributed by atoms with E-state index in [9.17, 15) is 5.11 Å². The third kappa shape index (κ3) is 6.63. The summed E-state index contributed by atoms with van der Waals surface area (Å²) in [5, 5.41) is 19.7. The number of fused-ring (bicyclic) bond motifs is 1.